The van der Waals surface area contributed by atoms with Gasteiger partial charge in [-0.05, 0) is 70.8 Å². The fraction of sp³-hybridized carbons (Fsp3) is 0.167. The lowest BCUT2D eigenvalue weighted by atomic mass is 9.87. The molecule has 0 bridgehead atoms. The van der Waals surface area contributed by atoms with Gasteiger partial charge >= 0.3 is 23.9 Å². The molecule has 52 heavy (non-hydrogen) atoms. The van der Waals surface area contributed by atoms with Crippen LogP contribution in [-0.2, 0) is 41.5 Å². The van der Waals surface area contributed by atoms with E-state index in [0.717, 1.165) is 54.6 Å². The van der Waals surface area contributed by atoms with E-state index in [1.807, 2.05) is 0 Å². The second-order valence-corrected chi connectivity index (χ2v) is 11.6. The lowest BCUT2D eigenvalue weighted by Crippen LogP contribution is -2.33. The van der Waals surface area contributed by atoms with E-state index in [1.54, 1.807) is 0 Å². The van der Waals surface area contributed by atoms with Crippen molar-refractivity contribution in [2.24, 2.45) is 0 Å². The summed E-state index contributed by atoms with van der Waals surface area (Å²) in [4.78, 5) is 50.9. The molecule has 4 aromatic rings. The number of fused-ring (bicyclic) bond motifs is 1. The fourth-order valence-corrected chi connectivity index (χ4v) is 5.49. The molecule has 0 amide bonds. The number of aliphatic carboxylic acids is 2. The third kappa shape index (κ3) is 7.86. The molecule has 270 valence electrons. The first kappa shape index (κ1) is 36.2. The van der Waals surface area contributed by atoms with E-state index in [4.69, 9.17) is 14.2 Å². The van der Waals surface area contributed by atoms with Gasteiger partial charge in [-0.2, -0.15) is 0 Å². The van der Waals surface area contributed by atoms with Crippen molar-refractivity contribution in [3.8, 4) is 46.0 Å². The number of hydrogen-bond acceptors (Lipinski definition) is 14. The molecule has 1 heterocycles. The number of benzene rings is 4. The van der Waals surface area contributed by atoms with Gasteiger partial charge in [-0.15, -0.1) is 0 Å². The molecule has 0 aromatic heterocycles. The minimum absolute atomic E-state index is 0.0443. The molecule has 4 aromatic carbocycles. The fourth-order valence-electron chi connectivity index (χ4n) is 5.49. The second kappa shape index (κ2) is 14.8. The van der Waals surface area contributed by atoms with E-state index in [1.165, 1.54) is 24.3 Å². The Hall–Kier alpha value is -7.10. The second-order valence-electron chi connectivity index (χ2n) is 11.6. The minimum Gasteiger partial charge on any atom is -0.504 e. The summed E-state index contributed by atoms with van der Waals surface area (Å²) in [7, 11) is 0. The number of carboxylic acid groups (broad SMARTS) is 2. The van der Waals surface area contributed by atoms with Crippen molar-refractivity contribution in [3.05, 3.63) is 101 Å². The third-order valence-electron chi connectivity index (χ3n) is 8.04. The van der Waals surface area contributed by atoms with Crippen LogP contribution in [0.3, 0.4) is 0 Å². The quantitative estimate of drug-likeness (QED) is 0.0577. The van der Waals surface area contributed by atoms with Crippen molar-refractivity contribution in [1.82, 2.24) is 0 Å². The van der Waals surface area contributed by atoms with Crippen molar-refractivity contribution in [3.63, 3.8) is 0 Å². The molecule has 0 aliphatic carbocycles. The lowest BCUT2D eigenvalue weighted by Gasteiger charge is -2.22. The van der Waals surface area contributed by atoms with Crippen LogP contribution in [0.25, 0.3) is 6.08 Å². The number of aromatic hydroxyl groups is 7. The van der Waals surface area contributed by atoms with Gasteiger partial charge in [-0.1, -0.05) is 24.3 Å². The number of hydrogen-bond donors (Lipinski definition) is 9. The van der Waals surface area contributed by atoms with Gasteiger partial charge in [-0.3, -0.25) is 4.79 Å². The molecule has 4 atom stereocenters. The first-order valence-electron chi connectivity index (χ1n) is 15.2. The number of carboxylic acids is 2. The van der Waals surface area contributed by atoms with E-state index >= 15 is 0 Å². The molecule has 0 spiro atoms. The molecule has 0 fully saturated rings. The summed E-state index contributed by atoms with van der Waals surface area (Å²) in [5.41, 5.74) is 0.445. The van der Waals surface area contributed by atoms with Crippen LogP contribution >= 0.6 is 0 Å². The Labute approximate surface area is 292 Å². The highest BCUT2D eigenvalue weighted by atomic mass is 16.6. The smallest absolute Gasteiger partial charge is 0.345 e. The molecule has 0 unspecified atom stereocenters. The zero-order valence-corrected chi connectivity index (χ0v) is 26.6. The summed E-state index contributed by atoms with van der Waals surface area (Å²) < 4.78 is 16.5. The SMILES string of the molecule is O=C(C=Cc1ccc(O)c2c1[C@@H](C(=O)O[C@H](Cc1ccc(O)c(O)c1)C(=O)O)[C@@H](c1ccc(O)c(O)c1)O2)O[C@H](Cc1ccc(O)c(O)c1)C(=O)O. The summed E-state index contributed by atoms with van der Waals surface area (Å²) >= 11 is 0. The summed E-state index contributed by atoms with van der Waals surface area (Å²) in [6, 6.07) is 13.0. The third-order valence-corrected chi connectivity index (χ3v) is 8.04. The molecule has 16 nitrogen and oxygen atoms in total. The van der Waals surface area contributed by atoms with E-state index < -0.39 is 94.8 Å². The molecular formula is C36H30O16. The van der Waals surface area contributed by atoms with Gasteiger partial charge in [0.1, 0.15) is 12.0 Å². The van der Waals surface area contributed by atoms with Crippen molar-refractivity contribution < 1.29 is 79.3 Å². The maximum atomic E-state index is 13.9. The zero-order valence-electron chi connectivity index (χ0n) is 26.6. The Kier molecular flexibility index (Phi) is 10.3. The van der Waals surface area contributed by atoms with Gasteiger partial charge in [0.2, 0.25) is 12.2 Å². The van der Waals surface area contributed by atoms with Crippen molar-refractivity contribution in [2.45, 2.75) is 37.1 Å². The summed E-state index contributed by atoms with van der Waals surface area (Å²) in [5.74, 6) is -10.8. The number of carbonyl (C=O) groups is 4. The van der Waals surface area contributed by atoms with Crippen LogP contribution in [0.2, 0.25) is 0 Å². The Bertz CT molecular complexity index is 2090. The number of esters is 2. The Morgan fingerprint density at radius 2 is 1.13 bits per heavy atom. The Morgan fingerprint density at radius 1 is 0.635 bits per heavy atom. The number of phenols is 7. The van der Waals surface area contributed by atoms with E-state index in [9.17, 15) is 65.1 Å². The van der Waals surface area contributed by atoms with Crippen molar-refractivity contribution >= 4 is 30.0 Å². The number of phenolic OH excluding ortho intramolecular Hbond substituents is 7. The van der Waals surface area contributed by atoms with E-state index in [0.29, 0.717) is 0 Å². The van der Waals surface area contributed by atoms with Gasteiger partial charge in [-0.25, -0.2) is 14.4 Å². The molecular weight excluding hydrogens is 688 g/mol. The van der Waals surface area contributed by atoms with Crippen LogP contribution in [0, 0.1) is 0 Å². The summed E-state index contributed by atoms with van der Waals surface area (Å²) in [6.45, 7) is 0. The minimum atomic E-state index is -1.84. The lowest BCUT2D eigenvalue weighted by molar-refractivity contribution is -0.166. The highest BCUT2D eigenvalue weighted by Crippen LogP contribution is 2.53. The maximum Gasteiger partial charge on any atom is 0.345 e. The normalized spacial score (nSPS) is 16.0. The molecule has 0 saturated heterocycles. The molecule has 5 rings (SSSR count). The summed E-state index contributed by atoms with van der Waals surface area (Å²) in [5, 5.41) is 89.1. The highest BCUT2D eigenvalue weighted by Gasteiger charge is 2.46. The van der Waals surface area contributed by atoms with Gasteiger partial charge in [0.05, 0.1) is 0 Å². The monoisotopic (exact) mass is 718 g/mol. The number of rotatable bonds is 12. The number of ether oxygens (including phenoxy) is 3. The predicted octanol–water partition coefficient (Wildman–Crippen LogP) is 3.33. The van der Waals surface area contributed by atoms with Gasteiger partial charge in [0, 0.05) is 24.5 Å². The van der Waals surface area contributed by atoms with Crippen LogP contribution in [-0.4, -0.2) is 82.0 Å². The van der Waals surface area contributed by atoms with Crippen LogP contribution in [0.15, 0.2) is 72.8 Å². The van der Waals surface area contributed by atoms with Crippen LogP contribution in [0.4, 0.5) is 0 Å². The van der Waals surface area contributed by atoms with Crippen LogP contribution in [0.5, 0.6) is 46.0 Å². The molecule has 1 aliphatic heterocycles. The molecule has 1 aliphatic rings. The Balaban J connectivity index is 1.47. The van der Waals surface area contributed by atoms with E-state index in [2.05, 4.69) is 0 Å². The van der Waals surface area contributed by atoms with Gasteiger partial charge < -0.3 is 60.2 Å². The molecule has 0 saturated carbocycles. The standard InChI is InChI=1S/C36H30O16/c37-20-6-1-16(11-24(20)41)13-27(34(45)46)50-29(44)10-5-18-3-9-23(40)33-30(18)31(32(52-33)19-4-8-22(39)26(43)15-19)36(49)51-28(35(47)48)14-17-2-7-21(38)25(42)12-17/h1-12,15,27-28,31-32,37-43H,13-14H2,(H,45,46)(H,47,48)/t27-,28-,31-,32-/m1/s1. The Morgan fingerprint density at radius 3 is 1.65 bits per heavy atom. The average Bonchev–Trinajstić information content (AvgIpc) is 3.50. The molecule has 0 radical (unpaired) electrons. The first-order valence-corrected chi connectivity index (χ1v) is 15.2. The topological polar surface area (TPSA) is 278 Å². The maximum absolute atomic E-state index is 13.9. The van der Waals surface area contributed by atoms with E-state index in [-0.39, 0.29) is 40.0 Å². The average molecular weight is 719 g/mol. The van der Waals surface area contributed by atoms with Crippen molar-refractivity contribution in [1.29, 1.82) is 0 Å². The van der Waals surface area contributed by atoms with Crippen LogP contribution < -0.4 is 4.74 Å². The predicted molar refractivity (Wildman–Crippen MR) is 175 cm³/mol. The van der Waals surface area contributed by atoms with Gasteiger partial charge in [0.25, 0.3) is 0 Å². The molecule has 16 heteroatoms. The summed E-state index contributed by atoms with van der Waals surface area (Å²) in [6.07, 6.45) is -3.85. The first-order chi connectivity index (χ1) is 24.6. The van der Waals surface area contributed by atoms with Crippen LogP contribution in [0.1, 0.15) is 39.8 Å². The zero-order chi connectivity index (χ0) is 37.9. The van der Waals surface area contributed by atoms with Crippen molar-refractivity contribution in [2.75, 3.05) is 0 Å². The molecule has 9 N–H and O–H groups in total. The largest absolute Gasteiger partial charge is 0.504 e. The van der Waals surface area contributed by atoms with Gasteiger partial charge in [0.15, 0.2) is 46.0 Å². The number of carbonyl (C=O) groups excluding carboxylic acids is 2. The highest BCUT2D eigenvalue weighted by molar-refractivity contribution is 5.92.